The molecule has 0 unspecified atom stereocenters. The molecule has 1 aliphatic rings. The quantitative estimate of drug-likeness (QED) is 0.142. The van der Waals surface area contributed by atoms with Gasteiger partial charge in [-0.15, -0.1) is 0 Å². The van der Waals surface area contributed by atoms with Gasteiger partial charge in [0.2, 0.25) is 0 Å². The van der Waals surface area contributed by atoms with Gasteiger partial charge in [0.25, 0.3) is 0 Å². The van der Waals surface area contributed by atoms with E-state index in [1.165, 1.54) is 83.0 Å². The van der Waals surface area contributed by atoms with E-state index in [4.69, 9.17) is 4.42 Å². The Morgan fingerprint density at radius 1 is 0.485 bits per heavy atom. The van der Waals surface area contributed by atoms with Crippen LogP contribution >= 0.6 is 0 Å². The summed E-state index contributed by atoms with van der Waals surface area (Å²) >= 11 is 0. The number of nitrogens with zero attached hydrogens (tertiary/aromatic N) is 1. The summed E-state index contributed by atoms with van der Waals surface area (Å²) in [6.07, 6.45) is 10.0. The number of furan rings is 1. The molecule has 0 bridgehead atoms. The van der Waals surface area contributed by atoms with Crippen LogP contribution in [0.5, 0.6) is 0 Å². The van der Waals surface area contributed by atoms with Crippen molar-refractivity contribution in [2.45, 2.75) is 39.0 Å². The molecule has 0 amide bonds. The average molecular weight is 848 g/mol. The van der Waals surface area contributed by atoms with E-state index < -0.39 is 0 Å². The predicted octanol–water partition coefficient (Wildman–Crippen LogP) is 17.8. The van der Waals surface area contributed by atoms with Crippen LogP contribution in [-0.2, 0) is 6.42 Å². The lowest BCUT2D eigenvalue weighted by atomic mass is 9.86. The molecule has 0 radical (unpaired) electrons. The summed E-state index contributed by atoms with van der Waals surface area (Å²) in [5.74, 6) is 0.395. The van der Waals surface area contributed by atoms with Crippen molar-refractivity contribution in [3.8, 4) is 50.2 Å². The molecule has 12 rings (SSSR count). The topological polar surface area (TPSA) is 18.1 Å². The summed E-state index contributed by atoms with van der Waals surface area (Å²) in [5, 5.41) is 4.75. The smallest absolute Gasteiger partial charge is 0.143 e. The maximum absolute atomic E-state index is 6.50. The monoisotopic (exact) mass is 847 g/mol. The summed E-state index contributed by atoms with van der Waals surface area (Å²) in [4.78, 5) is 0. The van der Waals surface area contributed by atoms with Crippen LogP contribution in [0, 0.1) is 0 Å². The maximum atomic E-state index is 6.50. The second kappa shape index (κ2) is 16.6. The van der Waals surface area contributed by atoms with Crippen LogP contribution in [0.15, 0.2) is 223 Å². The van der Waals surface area contributed by atoms with Crippen LogP contribution < -0.4 is 0 Å². The van der Waals surface area contributed by atoms with Crippen LogP contribution in [0.4, 0.5) is 0 Å². The zero-order chi connectivity index (χ0) is 44.1. The third-order valence-electron chi connectivity index (χ3n) is 13.7. The molecule has 0 spiro atoms. The second-order valence-corrected chi connectivity index (χ2v) is 18.1. The van der Waals surface area contributed by atoms with Gasteiger partial charge < -0.3 is 8.98 Å². The predicted molar refractivity (Wildman–Crippen MR) is 279 cm³/mol. The summed E-state index contributed by atoms with van der Waals surface area (Å²) in [6.45, 7) is 4.60. The van der Waals surface area contributed by atoms with Crippen molar-refractivity contribution < 1.29 is 4.42 Å². The molecular weight excluding hydrogens is 799 g/mol. The van der Waals surface area contributed by atoms with E-state index in [1.54, 1.807) is 0 Å². The first kappa shape index (κ1) is 39.6. The molecule has 0 fully saturated rings. The van der Waals surface area contributed by atoms with E-state index in [0.717, 1.165) is 58.0 Å². The van der Waals surface area contributed by atoms with Crippen LogP contribution in [0.3, 0.4) is 0 Å². The zero-order valence-electron chi connectivity index (χ0n) is 37.3. The molecule has 0 N–H and O–H groups in total. The highest BCUT2D eigenvalue weighted by atomic mass is 16.3. The van der Waals surface area contributed by atoms with Crippen molar-refractivity contribution in [2.75, 3.05) is 0 Å². The van der Waals surface area contributed by atoms with Crippen molar-refractivity contribution in [1.82, 2.24) is 4.57 Å². The fourth-order valence-electron chi connectivity index (χ4n) is 10.4. The highest BCUT2D eigenvalue weighted by molar-refractivity contribution is 6.16. The third kappa shape index (κ3) is 6.98. The van der Waals surface area contributed by atoms with E-state index in [1.807, 2.05) is 6.07 Å². The lowest BCUT2D eigenvalue weighted by molar-refractivity contribution is 0.670. The first-order chi connectivity index (χ1) is 32.6. The number of rotatable bonds is 9. The third-order valence-corrected chi connectivity index (χ3v) is 13.7. The van der Waals surface area contributed by atoms with Gasteiger partial charge in [-0.2, -0.15) is 0 Å². The number of hydrogen-bond acceptors (Lipinski definition) is 1. The fraction of sp³-hybridized carbons (Fsp3) is 0.0938. The molecule has 2 heteroatoms. The summed E-state index contributed by atoms with van der Waals surface area (Å²) in [6, 6.07) is 73.7. The molecule has 0 atom stereocenters. The van der Waals surface area contributed by atoms with Crippen molar-refractivity contribution in [3.63, 3.8) is 0 Å². The van der Waals surface area contributed by atoms with Crippen molar-refractivity contribution in [1.29, 1.82) is 0 Å². The van der Waals surface area contributed by atoms with Crippen LogP contribution in [-0.4, -0.2) is 4.57 Å². The largest absolute Gasteiger partial charge is 0.455 e. The standard InChI is InChI=1S/C64H49NO/c1-42(2)52-23-12-13-24-54(52)57-38-47(29-30-49(57)37-43-17-6-3-7-18-43)48-33-36-61-59(39-48)60-41-50(44-19-8-4-9-20-44)40-58(45-21-10-5-11-22-45)63(60)65(61)51-34-31-46(32-35-51)53-26-16-27-56-55-25-14-15-28-62(55)66-64(53)56/h3,5-8,10-36,38-42H,4,9,37H2,1-2H3. The van der Waals surface area contributed by atoms with Crippen molar-refractivity contribution in [2.24, 2.45) is 0 Å². The minimum atomic E-state index is 0.395. The summed E-state index contributed by atoms with van der Waals surface area (Å²) in [5.41, 5.74) is 21.5. The minimum absolute atomic E-state index is 0.395. The molecule has 11 aromatic rings. The van der Waals surface area contributed by atoms with Gasteiger partial charge in [0.1, 0.15) is 11.2 Å². The highest BCUT2D eigenvalue weighted by Gasteiger charge is 2.21. The zero-order valence-corrected chi connectivity index (χ0v) is 37.3. The van der Waals surface area contributed by atoms with Crippen molar-refractivity contribution >= 4 is 49.3 Å². The Balaban J connectivity index is 1.07. The Bertz CT molecular complexity index is 3670. The number of benzene rings is 9. The normalized spacial score (nSPS) is 12.8. The van der Waals surface area contributed by atoms with E-state index in [0.29, 0.717) is 5.92 Å². The van der Waals surface area contributed by atoms with E-state index in [9.17, 15) is 0 Å². The van der Waals surface area contributed by atoms with Crippen LogP contribution in [0.1, 0.15) is 54.9 Å². The van der Waals surface area contributed by atoms with Crippen LogP contribution in [0.25, 0.3) is 99.5 Å². The molecule has 0 saturated carbocycles. The van der Waals surface area contributed by atoms with Crippen molar-refractivity contribution in [3.05, 3.63) is 241 Å². The lowest BCUT2D eigenvalue weighted by Crippen LogP contribution is -1.98. The van der Waals surface area contributed by atoms with Gasteiger partial charge in [0, 0.05) is 38.4 Å². The fourth-order valence-corrected chi connectivity index (χ4v) is 10.4. The number of hydrogen-bond donors (Lipinski definition) is 0. The number of fused-ring (bicyclic) bond motifs is 6. The highest BCUT2D eigenvalue weighted by Crippen LogP contribution is 2.44. The molecule has 2 nitrogen and oxygen atoms in total. The lowest BCUT2D eigenvalue weighted by Gasteiger charge is -2.18. The number of aromatic nitrogens is 1. The number of para-hydroxylation sites is 2. The van der Waals surface area contributed by atoms with Crippen LogP contribution in [0.2, 0.25) is 0 Å². The molecule has 316 valence electrons. The average Bonchev–Trinajstić information content (AvgIpc) is 3.93. The molecule has 0 saturated heterocycles. The van der Waals surface area contributed by atoms with Gasteiger partial charge in [0.05, 0.1) is 11.0 Å². The molecule has 9 aromatic carbocycles. The van der Waals surface area contributed by atoms with Gasteiger partial charge in [-0.3, -0.25) is 0 Å². The van der Waals surface area contributed by atoms with Gasteiger partial charge in [0.15, 0.2) is 0 Å². The minimum Gasteiger partial charge on any atom is -0.455 e. The van der Waals surface area contributed by atoms with Gasteiger partial charge >= 0.3 is 0 Å². The second-order valence-electron chi connectivity index (χ2n) is 18.1. The van der Waals surface area contributed by atoms with E-state index in [-0.39, 0.29) is 0 Å². The molecule has 2 aromatic heterocycles. The van der Waals surface area contributed by atoms with E-state index in [2.05, 4.69) is 231 Å². The Morgan fingerprint density at radius 2 is 1.15 bits per heavy atom. The Labute approximate surface area is 386 Å². The molecular formula is C64H49NO. The first-order valence-electron chi connectivity index (χ1n) is 23.4. The van der Waals surface area contributed by atoms with E-state index >= 15 is 0 Å². The maximum Gasteiger partial charge on any atom is 0.143 e. The summed E-state index contributed by atoms with van der Waals surface area (Å²) < 4.78 is 8.99. The molecule has 2 heterocycles. The Hall–Kier alpha value is -7.94. The first-order valence-corrected chi connectivity index (χ1v) is 23.4. The Morgan fingerprint density at radius 3 is 1.97 bits per heavy atom. The molecule has 66 heavy (non-hydrogen) atoms. The Kier molecular flexibility index (Phi) is 9.95. The molecule has 1 aliphatic carbocycles. The van der Waals surface area contributed by atoms with Gasteiger partial charge in [-0.1, -0.05) is 184 Å². The number of allylic oxidation sites excluding steroid dienone is 4. The SMILES string of the molecule is CC(C)c1ccccc1-c1cc(-c2ccc3c(c2)c2cc(C4=CCCC=C4)cc(-c4ccccc4)c2n3-c2ccc(-c3cccc4c3oc3ccccc34)cc2)ccc1Cc1ccccc1. The van der Waals surface area contributed by atoms with Gasteiger partial charge in [-0.25, -0.2) is 0 Å². The molecule has 0 aliphatic heterocycles. The van der Waals surface area contributed by atoms with Gasteiger partial charge in [-0.05, 0) is 135 Å². The summed E-state index contributed by atoms with van der Waals surface area (Å²) in [7, 11) is 0.